The van der Waals surface area contributed by atoms with Crippen LogP contribution >= 0.6 is 0 Å². The van der Waals surface area contributed by atoms with Crippen LogP contribution in [0.2, 0.25) is 0 Å². The van der Waals surface area contributed by atoms with Crippen LogP contribution in [0, 0.1) is 0 Å². The topological polar surface area (TPSA) is 18.5 Å². The van der Waals surface area contributed by atoms with Crippen molar-refractivity contribution in [1.82, 2.24) is 0 Å². The fourth-order valence-corrected chi connectivity index (χ4v) is 1.64. The molecule has 0 radical (unpaired) electrons. The third-order valence-electron chi connectivity index (χ3n) is 2.67. The average molecular weight is 246 g/mol. The van der Waals surface area contributed by atoms with Gasteiger partial charge < -0.3 is 9.47 Å². The maximum absolute atomic E-state index is 5.12. The van der Waals surface area contributed by atoms with E-state index >= 15 is 0 Å². The molecule has 2 heteroatoms. The van der Waals surface area contributed by atoms with E-state index in [1.807, 2.05) is 18.2 Å². The zero-order valence-corrected chi connectivity index (χ0v) is 11.2. The summed E-state index contributed by atoms with van der Waals surface area (Å²) < 4.78 is 10.2. The molecule has 0 unspecified atom stereocenters. The summed E-state index contributed by atoms with van der Waals surface area (Å²) in [6.07, 6.45) is 11.4. The predicted molar refractivity (Wildman–Crippen MR) is 76.3 cm³/mol. The number of hydrogen-bond acceptors (Lipinski definition) is 2. The van der Waals surface area contributed by atoms with Crippen LogP contribution in [0.15, 0.2) is 48.6 Å². The van der Waals surface area contributed by atoms with E-state index in [0.29, 0.717) is 0 Å². The van der Waals surface area contributed by atoms with E-state index in [4.69, 9.17) is 9.47 Å². The molecule has 0 aromatic heterocycles. The fourth-order valence-electron chi connectivity index (χ4n) is 1.64. The summed E-state index contributed by atoms with van der Waals surface area (Å²) in [5.41, 5.74) is 1.22. The molecular weight excluding hydrogens is 224 g/mol. The Kier molecular flexibility index (Phi) is 7.85. The van der Waals surface area contributed by atoms with E-state index in [1.54, 1.807) is 14.2 Å². The molecule has 0 atom stereocenters. The normalized spacial score (nSPS) is 11.9. The first kappa shape index (κ1) is 14.7. The highest BCUT2D eigenvalue weighted by Crippen LogP contribution is 2.06. The molecule has 18 heavy (non-hydrogen) atoms. The van der Waals surface area contributed by atoms with Crippen LogP contribution in [0.4, 0.5) is 0 Å². The molecule has 0 amide bonds. The minimum absolute atomic E-state index is 0.0711. The highest BCUT2D eigenvalue weighted by atomic mass is 16.7. The van der Waals surface area contributed by atoms with Gasteiger partial charge in [-0.15, -0.1) is 0 Å². The van der Waals surface area contributed by atoms with E-state index in [1.165, 1.54) is 5.56 Å². The Morgan fingerprint density at radius 1 is 1.06 bits per heavy atom. The van der Waals surface area contributed by atoms with Gasteiger partial charge in [0.15, 0.2) is 6.29 Å². The van der Waals surface area contributed by atoms with Crippen LogP contribution in [0.3, 0.4) is 0 Å². The van der Waals surface area contributed by atoms with Gasteiger partial charge >= 0.3 is 0 Å². The van der Waals surface area contributed by atoms with Crippen molar-refractivity contribution < 1.29 is 9.47 Å². The third-order valence-corrected chi connectivity index (χ3v) is 2.67. The van der Waals surface area contributed by atoms with Crippen LogP contribution in [0.1, 0.15) is 24.8 Å². The Bertz CT molecular complexity index is 351. The molecule has 0 saturated carbocycles. The van der Waals surface area contributed by atoms with Crippen molar-refractivity contribution in [3.05, 3.63) is 54.1 Å². The molecule has 0 aliphatic carbocycles. The van der Waals surface area contributed by atoms with Gasteiger partial charge in [0.05, 0.1) is 0 Å². The smallest absolute Gasteiger partial charge is 0.156 e. The lowest BCUT2D eigenvalue weighted by Gasteiger charge is -2.11. The SMILES string of the molecule is COC(CCC/C=C/C=C/c1ccccc1)OC. The van der Waals surface area contributed by atoms with Crippen molar-refractivity contribution in [2.45, 2.75) is 25.6 Å². The first-order chi connectivity index (χ1) is 8.86. The van der Waals surface area contributed by atoms with Gasteiger partial charge in [0.25, 0.3) is 0 Å². The Morgan fingerprint density at radius 3 is 2.44 bits per heavy atom. The number of benzene rings is 1. The minimum atomic E-state index is -0.0711. The van der Waals surface area contributed by atoms with Gasteiger partial charge in [-0.05, 0) is 24.8 Å². The van der Waals surface area contributed by atoms with Crippen LogP contribution in [0.5, 0.6) is 0 Å². The lowest BCUT2D eigenvalue weighted by Crippen LogP contribution is -2.11. The van der Waals surface area contributed by atoms with Gasteiger partial charge in [0.1, 0.15) is 0 Å². The van der Waals surface area contributed by atoms with Crippen molar-refractivity contribution in [3.63, 3.8) is 0 Å². The fraction of sp³-hybridized carbons (Fsp3) is 0.375. The van der Waals surface area contributed by atoms with Gasteiger partial charge in [-0.3, -0.25) is 0 Å². The molecule has 0 heterocycles. The summed E-state index contributed by atoms with van der Waals surface area (Å²) in [4.78, 5) is 0. The number of rotatable bonds is 8. The number of hydrogen-bond donors (Lipinski definition) is 0. The molecule has 98 valence electrons. The summed E-state index contributed by atoms with van der Waals surface area (Å²) in [5, 5.41) is 0. The largest absolute Gasteiger partial charge is 0.356 e. The quantitative estimate of drug-likeness (QED) is 0.391. The number of unbranched alkanes of at least 4 members (excludes halogenated alkanes) is 1. The Morgan fingerprint density at radius 2 is 1.78 bits per heavy atom. The summed E-state index contributed by atoms with van der Waals surface area (Å²) in [6.45, 7) is 0. The Hall–Kier alpha value is -1.38. The lowest BCUT2D eigenvalue weighted by molar-refractivity contribution is -0.106. The minimum Gasteiger partial charge on any atom is -0.356 e. The van der Waals surface area contributed by atoms with E-state index in [9.17, 15) is 0 Å². The van der Waals surface area contributed by atoms with E-state index in [-0.39, 0.29) is 6.29 Å². The highest BCUT2D eigenvalue weighted by molar-refractivity contribution is 5.50. The van der Waals surface area contributed by atoms with Crippen molar-refractivity contribution in [2.24, 2.45) is 0 Å². The lowest BCUT2D eigenvalue weighted by atomic mass is 10.2. The van der Waals surface area contributed by atoms with Crippen molar-refractivity contribution in [2.75, 3.05) is 14.2 Å². The molecule has 1 aromatic carbocycles. The molecule has 0 spiro atoms. The number of methoxy groups -OCH3 is 2. The summed E-state index contributed by atoms with van der Waals surface area (Å²) in [5.74, 6) is 0. The van der Waals surface area contributed by atoms with Gasteiger partial charge in [-0.2, -0.15) is 0 Å². The van der Waals surface area contributed by atoms with Crippen LogP contribution < -0.4 is 0 Å². The molecule has 1 aromatic rings. The molecule has 2 nitrogen and oxygen atoms in total. The van der Waals surface area contributed by atoms with Crippen molar-refractivity contribution in [3.8, 4) is 0 Å². The van der Waals surface area contributed by atoms with Gasteiger partial charge in [0.2, 0.25) is 0 Å². The maximum atomic E-state index is 5.12. The third kappa shape index (κ3) is 6.38. The highest BCUT2D eigenvalue weighted by Gasteiger charge is 2.02. The molecule has 0 saturated heterocycles. The zero-order valence-electron chi connectivity index (χ0n) is 11.2. The number of ether oxygens (including phenoxy) is 2. The van der Waals surface area contributed by atoms with Crippen molar-refractivity contribution in [1.29, 1.82) is 0 Å². The number of allylic oxidation sites excluding steroid dienone is 3. The predicted octanol–water partition coefficient (Wildman–Crippen LogP) is 4.05. The summed E-state index contributed by atoms with van der Waals surface area (Å²) in [6, 6.07) is 10.3. The Balaban J connectivity index is 2.16. The molecule has 0 fully saturated rings. The van der Waals surface area contributed by atoms with Gasteiger partial charge in [-0.25, -0.2) is 0 Å². The van der Waals surface area contributed by atoms with E-state index in [2.05, 4.69) is 36.4 Å². The van der Waals surface area contributed by atoms with E-state index in [0.717, 1.165) is 19.3 Å². The summed E-state index contributed by atoms with van der Waals surface area (Å²) in [7, 11) is 3.35. The van der Waals surface area contributed by atoms with Crippen molar-refractivity contribution >= 4 is 6.08 Å². The van der Waals surface area contributed by atoms with Gasteiger partial charge in [0, 0.05) is 14.2 Å². The second-order valence-electron chi connectivity index (χ2n) is 4.03. The molecule has 0 N–H and O–H groups in total. The monoisotopic (exact) mass is 246 g/mol. The maximum Gasteiger partial charge on any atom is 0.156 e. The van der Waals surface area contributed by atoms with Crippen LogP contribution in [-0.2, 0) is 9.47 Å². The first-order valence-electron chi connectivity index (χ1n) is 6.30. The average Bonchev–Trinajstić information content (AvgIpc) is 2.43. The molecule has 0 aliphatic heterocycles. The summed E-state index contributed by atoms with van der Waals surface area (Å²) >= 11 is 0. The van der Waals surface area contributed by atoms with Crippen LogP contribution in [-0.4, -0.2) is 20.5 Å². The molecule has 1 rings (SSSR count). The molecule has 0 bridgehead atoms. The first-order valence-corrected chi connectivity index (χ1v) is 6.30. The Labute approximate surface area is 110 Å². The second-order valence-corrected chi connectivity index (χ2v) is 4.03. The standard InChI is InChI=1S/C16H22O2/c1-17-16(18-2)14-10-5-3-4-7-11-15-12-8-6-9-13-15/h3-4,6-9,11-13,16H,5,10,14H2,1-2H3/b4-3+,11-7+. The van der Waals surface area contributed by atoms with Gasteiger partial charge in [-0.1, -0.05) is 54.6 Å². The van der Waals surface area contributed by atoms with Crippen LogP contribution in [0.25, 0.3) is 6.08 Å². The second kappa shape index (κ2) is 9.63. The van der Waals surface area contributed by atoms with E-state index < -0.39 is 0 Å². The molecular formula is C16H22O2. The zero-order chi connectivity index (χ0) is 13.1. The molecule has 0 aliphatic rings.